The molecular formula is C28H31NO4. The SMILES string of the molecule is CC(O)C(=O)c1cccc(CN(Cc2ccccc2)Cc2cccc(C(=O)C(C)(C)O)c2)c1. The molecule has 0 saturated heterocycles. The van der Waals surface area contributed by atoms with E-state index in [9.17, 15) is 19.8 Å². The number of aliphatic hydroxyl groups excluding tert-OH is 1. The highest BCUT2D eigenvalue weighted by atomic mass is 16.3. The van der Waals surface area contributed by atoms with Crippen LogP contribution in [-0.4, -0.2) is 38.4 Å². The molecule has 0 spiro atoms. The zero-order valence-corrected chi connectivity index (χ0v) is 19.4. The monoisotopic (exact) mass is 445 g/mol. The van der Waals surface area contributed by atoms with E-state index in [1.807, 2.05) is 54.6 Å². The number of carbonyl (C=O) groups excluding carboxylic acids is 2. The molecule has 33 heavy (non-hydrogen) atoms. The van der Waals surface area contributed by atoms with E-state index in [0.717, 1.165) is 16.7 Å². The Kier molecular flexibility index (Phi) is 7.92. The summed E-state index contributed by atoms with van der Waals surface area (Å²) in [4.78, 5) is 27.0. The fraction of sp³-hybridized carbons (Fsp3) is 0.286. The molecule has 3 aromatic carbocycles. The van der Waals surface area contributed by atoms with Gasteiger partial charge in [0.1, 0.15) is 11.7 Å². The average Bonchev–Trinajstić information content (AvgIpc) is 2.78. The lowest BCUT2D eigenvalue weighted by Gasteiger charge is -2.24. The third kappa shape index (κ3) is 6.93. The highest BCUT2D eigenvalue weighted by Crippen LogP contribution is 2.19. The van der Waals surface area contributed by atoms with Crippen LogP contribution in [0.2, 0.25) is 0 Å². The summed E-state index contributed by atoms with van der Waals surface area (Å²) in [5.41, 5.74) is 2.60. The van der Waals surface area contributed by atoms with Crippen molar-refractivity contribution in [1.82, 2.24) is 4.90 Å². The number of aliphatic hydroxyl groups is 2. The van der Waals surface area contributed by atoms with Crippen LogP contribution < -0.4 is 0 Å². The Balaban J connectivity index is 1.86. The first kappa shape index (κ1) is 24.5. The molecule has 0 bridgehead atoms. The largest absolute Gasteiger partial charge is 0.385 e. The lowest BCUT2D eigenvalue weighted by atomic mass is 9.95. The fourth-order valence-electron chi connectivity index (χ4n) is 3.75. The summed E-state index contributed by atoms with van der Waals surface area (Å²) in [6.45, 7) is 6.30. The molecule has 0 fully saturated rings. The standard InChI is InChI=1S/C28H31NO4/c1-20(30)26(31)24-13-7-11-22(15-24)18-29(17-21-9-5-4-6-10-21)19-23-12-8-14-25(16-23)27(32)28(2,3)33/h4-16,20,30,33H,17-19H2,1-3H3. The van der Waals surface area contributed by atoms with E-state index in [-0.39, 0.29) is 11.6 Å². The Hall–Kier alpha value is -3.12. The highest BCUT2D eigenvalue weighted by Gasteiger charge is 2.25. The molecule has 0 aliphatic rings. The van der Waals surface area contributed by atoms with Crippen molar-refractivity contribution in [3.8, 4) is 0 Å². The number of carbonyl (C=O) groups is 2. The topological polar surface area (TPSA) is 77.8 Å². The zero-order chi connectivity index (χ0) is 24.0. The van der Waals surface area contributed by atoms with E-state index in [1.54, 1.807) is 12.1 Å². The minimum Gasteiger partial charge on any atom is -0.385 e. The molecule has 0 heterocycles. The van der Waals surface area contributed by atoms with Crippen LogP contribution in [0, 0.1) is 0 Å². The molecule has 3 rings (SSSR count). The molecule has 5 nitrogen and oxygen atoms in total. The van der Waals surface area contributed by atoms with Gasteiger partial charge in [-0.05, 0) is 49.6 Å². The van der Waals surface area contributed by atoms with Gasteiger partial charge >= 0.3 is 0 Å². The van der Waals surface area contributed by atoms with Gasteiger partial charge in [0, 0.05) is 30.8 Å². The molecule has 0 aromatic heterocycles. The number of hydrogen-bond donors (Lipinski definition) is 2. The Labute approximate surface area is 195 Å². The van der Waals surface area contributed by atoms with Crippen molar-refractivity contribution < 1.29 is 19.8 Å². The predicted molar refractivity (Wildman–Crippen MR) is 129 cm³/mol. The summed E-state index contributed by atoms with van der Waals surface area (Å²) in [7, 11) is 0. The fourth-order valence-corrected chi connectivity index (χ4v) is 3.75. The summed E-state index contributed by atoms with van der Waals surface area (Å²) in [6, 6.07) is 24.8. The summed E-state index contributed by atoms with van der Waals surface area (Å²) < 4.78 is 0. The molecule has 1 atom stereocenters. The third-order valence-electron chi connectivity index (χ3n) is 5.40. The van der Waals surface area contributed by atoms with Crippen LogP contribution in [0.3, 0.4) is 0 Å². The second-order valence-corrected chi connectivity index (χ2v) is 8.96. The first-order chi connectivity index (χ1) is 15.6. The van der Waals surface area contributed by atoms with Gasteiger partial charge in [0.25, 0.3) is 0 Å². The van der Waals surface area contributed by atoms with Gasteiger partial charge in [-0.15, -0.1) is 0 Å². The number of hydrogen-bond acceptors (Lipinski definition) is 5. The molecule has 0 radical (unpaired) electrons. The summed E-state index contributed by atoms with van der Waals surface area (Å²) in [5.74, 6) is -0.618. The van der Waals surface area contributed by atoms with Crippen molar-refractivity contribution in [2.45, 2.75) is 52.1 Å². The lowest BCUT2D eigenvalue weighted by Crippen LogP contribution is -2.31. The van der Waals surface area contributed by atoms with E-state index in [0.29, 0.717) is 30.8 Å². The zero-order valence-electron chi connectivity index (χ0n) is 19.4. The minimum absolute atomic E-state index is 0.302. The maximum Gasteiger partial charge on any atom is 0.193 e. The smallest absolute Gasteiger partial charge is 0.193 e. The Morgan fingerprint density at radius 2 is 1.27 bits per heavy atom. The van der Waals surface area contributed by atoms with Crippen LogP contribution in [0.5, 0.6) is 0 Å². The maximum atomic E-state index is 12.5. The van der Waals surface area contributed by atoms with Gasteiger partial charge in [-0.25, -0.2) is 0 Å². The number of nitrogens with zero attached hydrogens (tertiary/aromatic N) is 1. The van der Waals surface area contributed by atoms with E-state index in [4.69, 9.17) is 0 Å². The van der Waals surface area contributed by atoms with Crippen molar-refractivity contribution in [2.24, 2.45) is 0 Å². The molecule has 0 aliphatic carbocycles. The van der Waals surface area contributed by atoms with Crippen LogP contribution >= 0.6 is 0 Å². The van der Waals surface area contributed by atoms with Gasteiger partial charge in [0.05, 0.1) is 0 Å². The van der Waals surface area contributed by atoms with Gasteiger partial charge in [-0.3, -0.25) is 14.5 Å². The molecule has 5 heteroatoms. The average molecular weight is 446 g/mol. The van der Waals surface area contributed by atoms with Gasteiger partial charge < -0.3 is 10.2 Å². The molecule has 3 aromatic rings. The van der Waals surface area contributed by atoms with Crippen molar-refractivity contribution >= 4 is 11.6 Å². The van der Waals surface area contributed by atoms with Crippen LogP contribution in [0.15, 0.2) is 78.9 Å². The third-order valence-corrected chi connectivity index (χ3v) is 5.40. The van der Waals surface area contributed by atoms with Gasteiger partial charge in [0.15, 0.2) is 11.6 Å². The molecule has 0 saturated carbocycles. The number of ketones is 2. The Morgan fingerprint density at radius 3 is 1.82 bits per heavy atom. The molecule has 172 valence electrons. The van der Waals surface area contributed by atoms with Crippen LogP contribution in [0.25, 0.3) is 0 Å². The maximum absolute atomic E-state index is 12.5. The van der Waals surface area contributed by atoms with E-state index in [2.05, 4.69) is 17.0 Å². The second kappa shape index (κ2) is 10.7. The summed E-state index contributed by atoms with van der Waals surface area (Å²) in [6.07, 6.45) is -1.04. The first-order valence-electron chi connectivity index (χ1n) is 11.1. The number of Topliss-reactive ketones (excluding diaryl/α,β-unsaturated/α-hetero) is 2. The number of benzene rings is 3. The van der Waals surface area contributed by atoms with Gasteiger partial charge in [0.2, 0.25) is 0 Å². The van der Waals surface area contributed by atoms with E-state index in [1.165, 1.54) is 20.8 Å². The quantitative estimate of drug-likeness (QED) is 0.452. The summed E-state index contributed by atoms with van der Waals surface area (Å²) >= 11 is 0. The molecule has 2 N–H and O–H groups in total. The normalized spacial score (nSPS) is 12.5. The van der Waals surface area contributed by atoms with Gasteiger partial charge in [-0.1, -0.05) is 66.7 Å². The molecule has 0 aliphatic heterocycles. The van der Waals surface area contributed by atoms with Crippen molar-refractivity contribution in [3.05, 3.63) is 107 Å². The lowest BCUT2D eigenvalue weighted by molar-refractivity contribution is 0.0488. The van der Waals surface area contributed by atoms with E-state index >= 15 is 0 Å². The first-order valence-corrected chi connectivity index (χ1v) is 11.1. The van der Waals surface area contributed by atoms with Crippen molar-refractivity contribution in [2.75, 3.05) is 0 Å². The highest BCUT2D eigenvalue weighted by molar-refractivity contribution is 6.01. The van der Waals surface area contributed by atoms with Crippen LogP contribution in [0.1, 0.15) is 58.2 Å². The molecular weight excluding hydrogens is 414 g/mol. The Bertz CT molecular complexity index is 1100. The second-order valence-electron chi connectivity index (χ2n) is 8.96. The van der Waals surface area contributed by atoms with Crippen molar-refractivity contribution in [3.63, 3.8) is 0 Å². The predicted octanol–water partition coefficient (Wildman–Crippen LogP) is 4.41. The van der Waals surface area contributed by atoms with Gasteiger partial charge in [-0.2, -0.15) is 0 Å². The van der Waals surface area contributed by atoms with Crippen LogP contribution in [0.4, 0.5) is 0 Å². The number of rotatable bonds is 10. The van der Waals surface area contributed by atoms with Crippen LogP contribution in [-0.2, 0) is 19.6 Å². The van der Waals surface area contributed by atoms with E-state index < -0.39 is 11.7 Å². The molecule has 1 unspecified atom stereocenters. The summed E-state index contributed by atoms with van der Waals surface area (Å²) in [5, 5.41) is 19.8. The molecule has 0 amide bonds. The minimum atomic E-state index is -1.43. The Morgan fingerprint density at radius 1 is 0.788 bits per heavy atom. The van der Waals surface area contributed by atoms with Crippen molar-refractivity contribution in [1.29, 1.82) is 0 Å².